The number of anilines is 4. The Morgan fingerprint density at radius 2 is 1.48 bits per heavy atom. The maximum atomic E-state index is 13.8. The summed E-state index contributed by atoms with van der Waals surface area (Å²) in [6, 6.07) is 36.5. The number of sulfone groups is 1. The lowest BCUT2D eigenvalue weighted by molar-refractivity contribution is -0.0435. The monoisotopic (exact) mass is 1130 g/mol. The average molecular weight is 1130 g/mol. The number of aliphatic hydroxyl groups excluding tert-OH is 1. The number of aromatic nitrogens is 1. The second kappa shape index (κ2) is 26.4. The predicted molar refractivity (Wildman–Crippen MR) is 300 cm³/mol. The molecule has 2 fully saturated rings. The molecule has 21 heteroatoms. The molecule has 402 valence electrons. The topological polar surface area (TPSA) is 160 Å². The van der Waals surface area contributed by atoms with Gasteiger partial charge in [0.05, 0.1) is 23.0 Å². The first kappa shape index (κ1) is 57.7. The molecule has 75 heavy (non-hydrogen) atoms. The lowest BCUT2D eigenvalue weighted by Crippen LogP contribution is -2.46. The van der Waals surface area contributed by atoms with Crippen molar-refractivity contribution in [2.45, 2.75) is 72.9 Å². The van der Waals surface area contributed by atoms with Crippen LogP contribution >= 0.6 is 43.7 Å². The Morgan fingerprint density at radius 3 is 2.09 bits per heavy atom. The zero-order chi connectivity index (χ0) is 53.9. The molecule has 0 saturated carbocycles. The van der Waals surface area contributed by atoms with E-state index in [2.05, 4.69) is 42.3 Å². The number of likely N-dealkylation sites (tertiary alicyclic amines) is 1. The van der Waals surface area contributed by atoms with Crippen LogP contribution in [0.3, 0.4) is 0 Å². The van der Waals surface area contributed by atoms with Crippen LogP contribution in [0.4, 0.5) is 35.9 Å². The van der Waals surface area contributed by atoms with Gasteiger partial charge in [0.15, 0.2) is 6.35 Å². The van der Waals surface area contributed by atoms with Gasteiger partial charge in [0.25, 0.3) is 9.84 Å². The van der Waals surface area contributed by atoms with Crippen molar-refractivity contribution in [3.05, 3.63) is 138 Å². The van der Waals surface area contributed by atoms with Gasteiger partial charge in [0, 0.05) is 101 Å². The molecule has 5 aromatic carbocycles. The van der Waals surface area contributed by atoms with E-state index in [0.717, 1.165) is 83.6 Å². The third-order valence-corrected chi connectivity index (χ3v) is 16.9. The van der Waals surface area contributed by atoms with E-state index in [9.17, 15) is 36.2 Å². The first-order valence-electron chi connectivity index (χ1n) is 24.6. The fourth-order valence-corrected chi connectivity index (χ4v) is 11.9. The van der Waals surface area contributed by atoms with Crippen molar-refractivity contribution in [2.75, 3.05) is 84.3 Å². The Kier molecular flexibility index (Phi) is 20.3. The molecule has 8 rings (SSSR count). The number of nitrogens with one attached hydrogen (secondary N) is 2. The second-order valence-electron chi connectivity index (χ2n) is 18.2. The Morgan fingerprint density at radius 1 is 0.827 bits per heavy atom. The molecule has 0 radical (unpaired) electrons. The second-order valence-corrected chi connectivity index (χ2v) is 23.6. The molecular formula is C54H63ClF3N6O7PS3. The minimum atomic E-state index is -5.64. The maximum absolute atomic E-state index is 13.8. The summed E-state index contributed by atoms with van der Waals surface area (Å²) >= 11 is 8.80. The van der Waals surface area contributed by atoms with E-state index in [1.807, 2.05) is 106 Å². The zero-order valence-corrected chi connectivity index (χ0v) is 46.2. The quantitative estimate of drug-likeness (QED) is 0.0182. The maximum Gasteiger partial charge on any atom is 0.501 e. The summed E-state index contributed by atoms with van der Waals surface area (Å²) < 4.78 is 77.3. The third-order valence-electron chi connectivity index (χ3n) is 12.9. The van der Waals surface area contributed by atoms with Gasteiger partial charge in [-0.2, -0.15) is 13.2 Å². The highest BCUT2D eigenvalue weighted by Gasteiger charge is 2.48. The molecular weight excluding hydrogens is 1060 g/mol. The van der Waals surface area contributed by atoms with Gasteiger partial charge in [-0.3, -0.25) is 0 Å². The normalized spacial score (nSPS) is 14.7. The Labute approximate surface area is 452 Å². The molecule has 2 saturated heterocycles. The Balaban J connectivity index is 0.000000824. The number of benzene rings is 5. The molecule has 0 unspecified atom stereocenters. The van der Waals surface area contributed by atoms with Crippen LogP contribution in [0.5, 0.6) is 0 Å². The first-order chi connectivity index (χ1) is 35.8. The highest BCUT2D eigenvalue weighted by atomic mass is 35.5. The van der Waals surface area contributed by atoms with Gasteiger partial charge in [-0.15, -0.1) is 11.8 Å². The number of hydrogen-bond donors (Lipinski definition) is 5. The van der Waals surface area contributed by atoms with Gasteiger partial charge in [-0.1, -0.05) is 61.0 Å². The number of aliphatic hydroxyl groups is 1. The highest BCUT2D eigenvalue weighted by Crippen LogP contribution is 2.44. The summed E-state index contributed by atoms with van der Waals surface area (Å²) in [7, 11) is -8.09. The van der Waals surface area contributed by atoms with E-state index >= 15 is 0 Å². The highest BCUT2D eigenvalue weighted by molar-refractivity contribution is 8.00. The summed E-state index contributed by atoms with van der Waals surface area (Å²) in [5.74, 6) is -0.137. The minimum absolute atomic E-state index is 0.0206. The number of halogens is 4. The molecule has 0 atom stereocenters. The van der Waals surface area contributed by atoms with Gasteiger partial charge in [0.2, 0.25) is 8.38 Å². The molecule has 2 aliphatic rings. The Hall–Kier alpha value is -4.95. The molecule has 1 aromatic heterocycles. The lowest BCUT2D eigenvalue weighted by Gasteiger charge is -2.37. The predicted octanol–water partition coefficient (Wildman–Crippen LogP) is 12.2. The van der Waals surface area contributed by atoms with Crippen molar-refractivity contribution in [2.24, 2.45) is 0 Å². The summed E-state index contributed by atoms with van der Waals surface area (Å²) in [5, 5.41) is 12.6. The van der Waals surface area contributed by atoms with Crippen molar-refractivity contribution in [3.8, 4) is 22.4 Å². The molecule has 5 N–H and O–H groups in total. The fourth-order valence-electron chi connectivity index (χ4n) is 9.07. The van der Waals surface area contributed by atoms with Gasteiger partial charge in [-0.25, -0.2) is 13.2 Å². The molecule has 2 aliphatic heterocycles. The van der Waals surface area contributed by atoms with Crippen LogP contribution in [-0.2, 0) is 14.6 Å². The molecule has 0 aliphatic carbocycles. The summed E-state index contributed by atoms with van der Waals surface area (Å²) in [4.78, 5) is 40.2. The van der Waals surface area contributed by atoms with Crippen molar-refractivity contribution in [1.29, 1.82) is 0 Å². The standard InChI is InChI=1S/C47H48ClF3N5O6PS3.C7H15NO/c1-31(2)56-32(3)43(46(57)62-30-63(58)59)44(45(56)33-12-14-35(48)15-13-33)34-8-7-9-38(28-34)55-25-23-54(24-26-55)37-18-16-36(17-19-37)53-65-40-20-21-41(42(29-40)66(60,61)47(49,50)51)52-22-27-64-39-10-5-4-6-11-39;1-2-8-5-3-7(9)4-6-8/h4-21,28-29,31,52-53,58-59H,22-27,30H2,1-3H3;7,9H,2-6H2,1H3. The Bertz CT molecular complexity index is 2940. The van der Waals surface area contributed by atoms with Crippen molar-refractivity contribution in [3.63, 3.8) is 0 Å². The number of carbonyl (C=O) groups is 1. The summed E-state index contributed by atoms with van der Waals surface area (Å²) in [6.45, 7) is 14.4. The number of rotatable bonds is 18. The first-order valence-corrected chi connectivity index (χ1v) is 29.7. The molecule has 0 amide bonds. The largest absolute Gasteiger partial charge is 0.501 e. The average Bonchev–Trinajstić information content (AvgIpc) is 3.74. The van der Waals surface area contributed by atoms with Gasteiger partial charge in [-0.05, 0) is 142 Å². The van der Waals surface area contributed by atoms with Gasteiger partial charge >= 0.3 is 11.5 Å². The number of carbonyl (C=O) groups excluding carboxylic acids is 1. The lowest BCUT2D eigenvalue weighted by atomic mass is 9.96. The zero-order valence-electron chi connectivity index (χ0n) is 42.1. The molecule has 0 spiro atoms. The molecule has 3 heterocycles. The third kappa shape index (κ3) is 15.0. The van der Waals surface area contributed by atoms with Gasteiger partial charge in [0.1, 0.15) is 4.90 Å². The minimum Gasteiger partial charge on any atom is -0.452 e. The van der Waals surface area contributed by atoms with Crippen LogP contribution < -0.4 is 19.8 Å². The van der Waals surface area contributed by atoms with E-state index in [1.54, 1.807) is 18.2 Å². The molecule has 6 aromatic rings. The van der Waals surface area contributed by atoms with Crippen LogP contribution in [0.2, 0.25) is 5.02 Å². The smallest absolute Gasteiger partial charge is 0.452 e. The molecule has 13 nitrogen and oxygen atoms in total. The van der Waals surface area contributed by atoms with Crippen molar-refractivity contribution >= 4 is 82.2 Å². The fraction of sp³-hybridized carbons (Fsp3) is 0.352. The van der Waals surface area contributed by atoms with E-state index in [1.165, 1.54) is 17.8 Å². The van der Waals surface area contributed by atoms with Crippen LogP contribution in [0.15, 0.2) is 136 Å². The van der Waals surface area contributed by atoms with E-state index < -0.39 is 40.9 Å². The number of piperidine rings is 1. The number of hydrogen-bond acceptors (Lipinski definition) is 14. The van der Waals surface area contributed by atoms with Crippen molar-refractivity contribution in [1.82, 2.24) is 9.47 Å². The van der Waals surface area contributed by atoms with E-state index in [-0.39, 0.29) is 24.4 Å². The summed E-state index contributed by atoms with van der Waals surface area (Å²) in [6.07, 6.45) is 1.40. The van der Waals surface area contributed by atoms with Crippen LogP contribution in [0, 0.1) is 6.92 Å². The SMILES string of the molecule is CCN1CCC(O)CC1.Cc1c(C(=O)OCP(O)O)c(-c2cccc(N3CCN(c4ccc(NSc5ccc(NCCSc6ccccc6)c(S(=O)(=O)C(F)(F)F)c5)cc4)CC3)c2)c(-c2ccc(Cl)cc2)n1C(C)C. The molecule has 0 bridgehead atoms. The van der Waals surface area contributed by atoms with E-state index in [0.29, 0.717) is 64.4 Å². The van der Waals surface area contributed by atoms with Crippen LogP contribution in [0.1, 0.15) is 55.7 Å². The summed E-state index contributed by atoms with van der Waals surface area (Å²) in [5.41, 5.74) is 1.21. The van der Waals surface area contributed by atoms with Crippen LogP contribution in [-0.4, -0.2) is 115 Å². The number of ether oxygens (including phenoxy) is 1. The number of esters is 1. The van der Waals surface area contributed by atoms with Crippen LogP contribution in [0.25, 0.3) is 22.4 Å². The number of alkyl halides is 3. The number of nitrogens with zero attached hydrogens (tertiary/aromatic N) is 4. The van der Waals surface area contributed by atoms with Crippen molar-refractivity contribution < 1.29 is 46.0 Å². The van der Waals surface area contributed by atoms with Gasteiger partial charge < -0.3 is 48.9 Å². The van der Waals surface area contributed by atoms with E-state index in [4.69, 9.17) is 21.4 Å². The number of thioether (sulfide) groups is 1. The number of piperazine rings is 1.